The lowest BCUT2D eigenvalue weighted by Gasteiger charge is -2.14. The maximum absolute atomic E-state index is 12.2. The van der Waals surface area contributed by atoms with Gasteiger partial charge in [0, 0.05) is 11.0 Å². The molecule has 2 rings (SSSR count). The van der Waals surface area contributed by atoms with E-state index in [1.165, 1.54) is 0 Å². The molecule has 0 heterocycles. The quantitative estimate of drug-likeness (QED) is 0.736. The predicted molar refractivity (Wildman–Crippen MR) is 98.5 cm³/mol. The summed E-state index contributed by atoms with van der Waals surface area (Å²) < 4.78 is 12.0. The number of hydrogen-bond donors (Lipinski definition) is 1. The maximum Gasteiger partial charge on any atom is 0.224 e. The molecule has 2 aromatic carbocycles. The zero-order valence-electron chi connectivity index (χ0n) is 14.0. The maximum atomic E-state index is 12.2. The van der Waals surface area contributed by atoms with Gasteiger partial charge in [-0.05, 0) is 37.1 Å². The highest BCUT2D eigenvalue weighted by atomic mass is 79.9. The van der Waals surface area contributed by atoms with E-state index in [1.54, 1.807) is 0 Å². The lowest BCUT2D eigenvalue weighted by molar-refractivity contribution is -0.120. The number of carbonyl (C=O) groups is 1. The lowest BCUT2D eigenvalue weighted by atomic mass is 10.1. The molecule has 0 saturated carbocycles. The van der Waals surface area contributed by atoms with Gasteiger partial charge in [-0.1, -0.05) is 46.3 Å². The van der Waals surface area contributed by atoms with Crippen molar-refractivity contribution in [3.63, 3.8) is 0 Å². The minimum atomic E-state index is -0.0360. The van der Waals surface area contributed by atoms with E-state index in [-0.39, 0.29) is 12.3 Å². The van der Waals surface area contributed by atoms with Gasteiger partial charge in [0.2, 0.25) is 5.91 Å². The molecule has 1 amide bonds. The van der Waals surface area contributed by atoms with Crippen LogP contribution in [0.25, 0.3) is 0 Å². The van der Waals surface area contributed by atoms with Gasteiger partial charge in [-0.2, -0.15) is 0 Å². The number of amides is 1. The summed E-state index contributed by atoms with van der Waals surface area (Å²) in [5.41, 5.74) is 1.94. The van der Waals surface area contributed by atoms with Crippen molar-refractivity contribution in [2.24, 2.45) is 0 Å². The summed E-state index contributed by atoms with van der Waals surface area (Å²) in [6.45, 7) is 5.47. The van der Waals surface area contributed by atoms with Gasteiger partial charge in [0.25, 0.3) is 0 Å². The van der Waals surface area contributed by atoms with Crippen LogP contribution in [0.15, 0.2) is 46.9 Å². The molecular formula is C19H22BrNO3. The average molecular weight is 392 g/mol. The Kier molecular flexibility index (Phi) is 7.12. The molecule has 24 heavy (non-hydrogen) atoms. The molecule has 0 spiro atoms. The van der Waals surface area contributed by atoms with Crippen LogP contribution in [0.3, 0.4) is 0 Å². The molecule has 0 aromatic heterocycles. The second-order valence-corrected chi connectivity index (χ2v) is 6.05. The molecule has 1 N–H and O–H groups in total. The normalized spacial score (nSPS) is 10.3. The molecule has 0 fully saturated rings. The van der Waals surface area contributed by atoms with E-state index in [9.17, 15) is 4.79 Å². The molecule has 0 aliphatic rings. The Labute approximate surface area is 151 Å². The van der Waals surface area contributed by atoms with Gasteiger partial charge in [0.1, 0.15) is 0 Å². The molecule has 2 aromatic rings. The highest BCUT2D eigenvalue weighted by Gasteiger charge is 2.13. The third kappa shape index (κ3) is 5.27. The van der Waals surface area contributed by atoms with Crippen LogP contribution in [0.1, 0.15) is 25.0 Å². The van der Waals surface area contributed by atoms with E-state index in [1.807, 2.05) is 56.3 Å². The fourth-order valence-corrected chi connectivity index (χ4v) is 2.74. The molecular weight excluding hydrogens is 370 g/mol. The molecule has 0 saturated heterocycles. The SMILES string of the molecule is CCOc1cc(Br)c(CC(=O)NCc2ccccc2)cc1OCC. The molecule has 128 valence electrons. The van der Waals surface area contributed by atoms with E-state index >= 15 is 0 Å². The fraction of sp³-hybridized carbons (Fsp3) is 0.316. The first-order chi connectivity index (χ1) is 11.6. The van der Waals surface area contributed by atoms with E-state index in [0.29, 0.717) is 31.3 Å². The van der Waals surface area contributed by atoms with Gasteiger partial charge in [0.05, 0.1) is 19.6 Å². The van der Waals surface area contributed by atoms with Gasteiger partial charge in [-0.15, -0.1) is 0 Å². The third-order valence-electron chi connectivity index (χ3n) is 3.40. The predicted octanol–water partition coefficient (Wildman–Crippen LogP) is 4.11. The van der Waals surface area contributed by atoms with Crippen LogP contribution >= 0.6 is 15.9 Å². The molecule has 0 atom stereocenters. The summed E-state index contributed by atoms with van der Waals surface area (Å²) in [7, 11) is 0. The molecule has 0 aliphatic heterocycles. The summed E-state index contributed by atoms with van der Waals surface area (Å²) >= 11 is 3.51. The topological polar surface area (TPSA) is 47.6 Å². The first-order valence-corrected chi connectivity index (χ1v) is 8.82. The first kappa shape index (κ1) is 18.3. The van der Waals surface area contributed by atoms with Crippen LogP contribution < -0.4 is 14.8 Å². The summed E-state index contributed by atoms with van der Waals surface area (Å²) in [5, 5.41) is 2.93. The standard InChI is InChI=1S/C19H22BrNO3/c1-3-23-17-10-15(16(20)12-18(17)24-4-2)11-19(22)21-13-14-8-6-5-7-9-14/h5-10,12H,3-4,11,13H2,1-2H3,(H,21,22). The monoisotopic (exact) mass is 391 g/mol. The van der Waals surface area contributed by atoms with E-state index in [2.05, 4.69) is 21.2 Å². The number of halogens is 1. The van der Waals surface area contributed by atoms with E-state index < -0.39 is 0 Å². The third-order valence-corrected chi connectivity index (χ3v) is 4.13. The first-order valence-electron chi connectivity index (χ1n) is 8.02. The van der Waals surface area contributed by atoms with Crippen LogP contribution in [-0.2, 0) is 17.8 Å². The van der Waals surface area contributed by atoms with Crippen molar-refractivity contribution in [2.75, 3.05) is 13.2 Å². The summed E-state index contributed by atoms with van der Waals surface area (Å²) in [6, 6.07) is 13.6. The molecule has 0 bridgehead atoms. The van der Waals surface area contributed by atoms with Crippen LogP contribution in [0.5, 0.6) is 11.5 Å². The Balaban J connectivity index is 2.05. The second kappa shape index (κ2) is 9.33. The summed E-state index contributed by atoms with van der Waals surface area (Å²) in [4.78, 5) is 12.2. The van der Waals surface area contributed by atoms with Gasteiger partial charge >= 0.3 is 0 Å². The Hall–Kier alpha value is -2.01. The average Bonchev–Trinajstić information content (AvgIpc) is 2.58. The fourth-order valence-electron chi connectivity index (χ4n) is 2.28. The van der Waals surface area contributed by atoms with Gasteiger partial charge in [0.15, 0.2) is 11.5 Å². The van der Waals surface area contributed by atoms with Crippen LogP contribution in [0.2, 0.25) is 0 Å². The number of carbonyl (C=O) groups excluding carboxylic acids is 1. The number of hydrogen-bond acceptors (Lipinski definition) is 3. The highest BCUT2D eigenvalue weighted by molar-refractivity contribution is 9.10. The molecule has 0 unspecified atom stereocenters. The summed E-state index contributed by atoms with van der Waals surface area (Å²) in [6.07, 6.45) is 0.278. The zero-order chi connectivity index (χ0) is 17.4. The molecule has 4 nitrogen and oxygen atoms in total. The van der Waals surface area contributed by atoms with Crippen molar-refractivity contribution in [3.05, 3.63) is 58.1 Å². The number of nitrogens with one attached hydrogen (secondary N) is 1. The Bertz CT molecular complexity index is 674. The van der Waals surface area contributed by atoms with Crippen molar-refractivity contribution < 1.29 is 14.3 Å². The molecule has 0 aliphatic carbocycles. The van der Waals surface area contributed by atoms with Crippen LogP contribution in [0, 0.1) is 0 Å². The largest absolute Gasteiger partial charge is 0.490 e. The minimum Gasteiger partial charge on any atom is -0.490 e. The Morgan fingerprint density at radius 1 is 1.04 bits per heavy atom. The van der Waals surface area contributed by atoms with Crippen molar-refractivity contribution in [2.45, 2.75) is 26.8 Å². The van der Waals surface area contributed by atoms with Crippen molar-refractivity contribution in [3.8, 4) is 11.5 Å². The number of ether oxygens (including phenoxy) is 2. The number of rotatable bonds is 8. The minimum absolute atomic E-state index is 0.0360. The van der Waals surface area contributed by atoms with E-state index in [4.69, 9.17) is 9.47 Å². The van der Waals surface area contributed by atoms with Gasteiger partial charge < -0.3 is 14.8 Å². The molecule has 0 radical (unpaired) electrons. The van der Waals surface area contributed by atoms with Gasteiger partial charge in [-0.25, -0.2) is 0 Å². The van der Waals surface area contributed by atoms with Crippen LogP contribution in [0.4, 0.5) is 0 Å². The van der Waals surface area contributed by atoms with Crippen molar-refractivity contribution in [1.82, 2.24) is 5.32 Å². The highest BCUT2D eigenvalue weighted by Crippen LogP contribution is 2.34. The second-order valence-electron chi connectivity index (χ2n) is 5.20. The smallest absolute Gasteiger partial charge is 0.224 e. The lowest BCUT2D eigenvalue weighted by Crippen LogP contribution is -2.24. The number of benzene rings is 2. The summed E-state index contributed by atoms with van der Waals surface area (Å²) in [5.74, 6) is 1.30. The van der Waals surface area contributed by atoms with Crippen molar-refractivity contribution >= 4 is 21.8 Å². The van der Waals surface area contributed by atoms with E-state index in [0.717, 1.165) is 15.6 Å². The Morgan fingerprint density at radius 3 is 2.29 bits per heavy atom. The molecule has 5 heteroatoms. The van der Waals surface area contributed by atoms with Crippen molar-refractivity contribution in [1.29, 1.82) is 0 Å². The zero-order valence-corrected chi connectivity index (χ0v) is 15.6. The van der Waals surface area contributed by atoms with Crippen LogP contribution in [-0.4, -0.2) is 19.1 Å². The van der Waals surface area contributed by atoms with Gasteiger partial charge in [-0.3, -0.25) is 4.79 Å². The Morgan fingerprint density at radius 2 is 1.67 bits per heavy atom.